The van der Waals surface area contributed by atoms with Crippen LogP contribution >= 0.6 is 27.3 Å². The molecule has 0 saturated heterocycles. The number of thiazole rings is 1. The number of ether oxygens (including phenoxy) is 3. The smallest absolute Gasteiger partial charge is 0.331 e. The normalized spacial score (nSPS) is 10.8. The Bertz CT molecular complexity index is 1000. The Morgan fingerprint density at radius 2 is 1.93 bits per heavy atom. The lowest BCUT2D eigenvalue weighted by Gasteiger charge is -2.06. The fraction of sp³-hybridized carbons (Fsp3) is 0.143. The van der Waals surface area contributed by atoms with Gasteiger partial charge in [0.25, 0.3) is 0 Å². The Morgan fingerprint density at radius 3 is 2.71 bits per heavy atom. The summed E-state index contributed by atoms with van der Waals surface area (Å²) in [6.45, 7) is 0.0991. The van der Waals surface area contributed by atoms with Gasteiger partial charge in [-0.15, -0.1) is 11.3 Å². The first kappa shape index (κ1) is 20.1. The number of hydrogen-bond donors (Lipinski definition) is 0. The van der Waals surface area contributed by atoms with Crippen LogP contribution in [0, 0.1) is 0 Å². The zero-order chi connectivity index (χ0) is 19.9. The molecule has 28 heavy (non-hydrogen) atoms. The molecule has 0 radical (unpaired) electrons. The molecule has 0 bridgehead atoms. The predicted octanol–water partition coefficient (Wildman–Crippen LogP) is 5.35. The molecular formula is C21H18BrNO4S. The Hall–Kier alpha value is -2.64. The van der Waals surface area contributed by atoms with E-state index in [9.17, 15) is 4.79 Å². The minimum atomic E-state index is -0.444. The number of hydrogen-bond acceptors (Lipinski definition) is 6. The zero-order valence-electron chi connectivity index (χ0n) is 15.3. The Kier molecular flexibility index (Phi) is 6.84. The molecule has 0 atom stereocenters. The van der Waals surface area contributed by atoms with E-state index in [1.54, 1.807) is 20.3 Å². The molecule has 1 heterocycles. The molecule has 0 saturated carbocycles. The topological polar surface area (TPSA) is 57.7 Å². The van der Waals surface area contributed by atoms with Gasteiger partial charge in [-0.25, -0.2) is 9.78 Å². The number of halogens is 1. The van der Waals surface area contributed by atoms with Crippen LogP contribution < -0.4 is 9.47 Å². The molecule has 0 aliphatic rings. The van der Waals surface area contributed by atoms with Gasteiger partial charge in [0, 0.05) is 21.5 Å². The molecule has 0 fully saturated rings. The monoisotopic (exact) mass is 459 g/mol. The van der Waals surface area contributed by atoms with Gasteiger partial charge in [0.15, 0.2) is 0 Å². The number of benzene rings is 2. The van der Waals surface area contributed by atoms with Crippen LogP contribution in [0.2, 0.25) is 0 Å². The van der Waals surface area contributed by atoms with Crippen molar-refractivity contribution in [2.75, 3.05) is 14.2 Å². The summed E-state index contributed by atoms with van der Waals surface area (Å²) in [5, 5.41) is 2.67. The van der Waals surface area contributed by atoms with Gasteiger partial charge in [0.2, 0.25) is 0 Å². The average molecular weight is 460 g/mol. The lowest BCUT2D eigenvalue weighted by Crippen LogP contribution is -2.01. The Morgan fingerprint density at radius 1 is 1.14 bits per heavy atom. The van der Waals surface area contributed by atoms with Crippen LogP contribution in [0.15, 0.2) is 58.4 Å². The van der Waals surface area contributed by atoms with Crippen molar-refractivity contribution in [3.8, 4) is 22.1 Å². The number of nitrogens with zero attached hydrogens (tertiary/aromatic N) is 1. The minimum Gasteiger partial charge on any atom is -0.496 e. The molecule has 3 rings (SSSR count). The van der Waals surface area contributed by atoms with Gasteiger partial charge >= 0.3 is 5.97 Å². The summed E-state index contributed by atoms with van der Waals surface area (Å²) in [7, 11) is 3.21. The predicted molar refractivity (Wildman–Crippen MR) is 114 cm³/mol. The van der Waals surface area contributed by atoms with Crippen LogP contribution in [0.4, 0.5) is 0 Å². The number of para-hydroxylation sites is 1. The number of rotatable bonds is 7. The van der Waals surface area contributed by atoms with Crippen LogP contribution in [0.1, 0.15) is 11.3 Å². The van der Waals surface area contributed by atoms with Crippen LogP contribution in [-0.2, 0) is 16.1 Å². The second-order valence-corrected chi connectivity index (χ2v) is 7.45. The van der Waals surface area contributed by atoms with Gasteiger partial charge in [-0.05, 0) is 30.3 Å². The second-order valence-electron chi connectivity index (χ2n) is 5.67. The maximum absolute atomic E-state index is 12.0. The molecule has 7 heteroatoms. The highest BCUT2D eigenvalue weighted by Crippen LogP contribution is 2.34. The molecule has 0 unspecified atom stereocenters. The van der Waals surface area contributed by atoms with E-state index in [-0.39, 0.29) is 6.61 Å². The van der Waals surface area contributed by atoms with Crippen molar-refractivity contribution in [1.82, 2.24) is 4.98 Å². The van der Waals surface area contributed by atoms with Crippen molar-refractivity contribution < 1.29 is 19.0 Å². The first-order valence-corrected chi connectivity index (χ1v) is 10.0. The SMILES string of the molecule is COc1ccccc1/C=C/C(=O)OCc1csc(-c2cc(Br)ccc2OC)n1. The maximum atomic E-state index is 12.0. The first-order valence-electron chi connectivity index (χ1n) is 8.37. The third-order valence-electron chi connectivity index (χ3n) is 3.84. The molecule has 0 aliphatic heterocycles. The molecule has 0 amide bonds. The molecule has 0 N–H and O–H groups in total. The number of carbonyl (C=O) groups excluding carboxylic acids is 1. The van der Waals surface area contributed by atoms with E-state index in [1.165, 1.54) is 17.4 Å². The quantitative estimate of drug-likeness (QED) is 0.352. The molecule has 2 aromatic carbocycles. The summed E-state index contributed by atoms with van der Waals surface area (Å²) in [4.78, 5) is 16.6. The van der Waals surface area contributed by atoms with Gasteiger partial charge < -0.3 is 14.2 Å². The fourth-order valence-electron chi connectivity index (χ4n) is 2.50. The molecule has 1 aromatic heterocycles. The molecular weight excluding hydrogens is 442 g/mol. The molecule has 0 spiro atoms. The Balaban J connectivity index is 1.64. The molecule has 144 valence electrons. The Labute approximate surface area is 175 Å². The zero-order valence-corrected chi connectivity index (χ0v) is 17.7. The summed E-state index contributed by atoms with van der Waals surface area (Å²) in [5.41, 5.74) is 2.37. The van der Waals surface area contributed by atoms with Crippen molar-refractivity contribution in [2.24, 2.45) is 0 Å². The largest absolute Gasteiger partial charge is 0.496 e. The summed E-state index contributed by atoms with van der Waals surface area (Å²) < 4.78 is 16.9. The highest BCUT2D eigenvalue weighted by atomic mass is 79.9. The van der Waals surface area contributed by atoms with Crippen LogP contribution in [0.25, 0.3) is 16.6 Å². The van der Waals surface area contributed by atoms with E-state index in [0.29, 0.717) is 11.4 Å². The van der Waals surface area contributed by atoms with E-state index >= 15 is 0 Å². The maximum Gasteiger partial charge on any atom is 0.331 e. The molecule has 0 aliphatic carbocycles. The van der Waals surface area contributed by atoms with Gasteiger partial charge in [0.1, 0.15) is 23.1 Å². The minimum absolute atomic E-state index is 0.0991. The van der Waals surface area contributed by atoms with Crippen LogP contribution in [-0.4, -0.2) is 25.2 Å². The highest BCUT2D eigenvalue weighted by molar-refractivity contribution is 9.10. The number of aromatic nitrogens is 1. The van der Waals surface area contributed by atoms with Gasteiger partial charge in [-0.3, -0.25) is 0 Å². The van der Waals surface area contributed by atoms with Crippen molar-refractivity contribution in [3.63, 3.8) is 0 Å². The summed E-state index contributed by atoms with van der Waals surface area (Å²) >= 11 is 4.93. The first-order chi connectivity index (χ1) is 13.6. The number of esters is 1. The van der Waals surface area contributed by atoms with Crippen molar-refractivity contribution in [1.29, 1.82) is 0 Å². The summed E-state index contributed by atoms with van der Waals surface area (Å²) in [6, 6.07) is 13.2. The average Bonchev–Trinajstić information content (AvgIpc) is 3.19. The van der Waals surface area contributed by atoms with Gasteiger partial charge in [-0.1, -0.05) is 34.1 Å². The third-order valence-corrected chi connectivity index (χ3v) is 5.26. The van der Waals surface area contributed by atoms with E-state index in [4.69, 9.17) is 14.2 Å². The molecule has 3 aromatic rings. The van der Waals surface area contributed by atoms with E-state index in [2.05, 4.69) is 20.9 Å². The third kappa shape index (κ3) is 4.99. The fourth-order valence-corrected chi connectivity index (χ4v) is 3.69. The number of carbonyl (C=O) groups is 1. The van der Waals surface area contributed by atoms with Crippen molar-refractivity contribution >= 4 is 39.3 Å². The van der Waals surface area contributed by atoms with Gasteiger partial charge in [0.05, 0.1) is 25.5 Å². The van der Waals surface area contributed by atoms with Crippen molar-refractivity contribution in [2.45, 2.75) is 6.61 Å². The lowest BCUT2D eigenvalue weighted by atomic mass is 10.2. The summed E-state index contributed by atoms with van der Waals surface area (Å²) in [6.07, 6.45) is 3.04. The highest BCUT2D eigenvalue weighted by Gasteiger charge is 2.12. The van der Waals surface area contributed by atoms with Gasteiger partial charge in [-0.2, -0.15) is 0 Å². The van der Waals surface area contributed by atoms with E-state index in [1.807, 2.05) is 47.8 Å². The van der Waals surface area contributed by atoms with E-state index in [0.717, 1.165) is 26.4 Å². The molecule has 5 nitrogen and oxygen atoms in total. The summed E-state index contributed by atoms with van der Waals surface area (Å²) in [5.74, 6) is 0.986. The second kappa shape index (κ2) is 9.52. The number of methoxy groups -OCH3 is 2. The van der Waals surface area contributed by atoms with Crippen LogP contribution in [0.5, 0.6) is 11.5 Å². The van der Waals surface area contributed by atoms with Crippen LogP contribution in [0.3, 0.4) is 0 Å². The standard InChI is InChI=1S/C21H18BrNO4S/c1-25-18-6-4-3-5-14(18)7-10-20(24)27-12-16-13-28-21(23-16)17-11-15(22)8-9-19(17)26-2/h3-11,13H,12H2,1-2H3/b10-7+. The van der Waals surface area contributed by atoms with E-state index < -0.39 is 5.97 Å². The lowest BCUT2D eigenvalue weighted by molar-refractivity contribution is -0.139. The van der Waals surface area contributed by atoms with Crippen molar-refractivity contribution in [3.05, 3.63) is 69.7 Å².